The summed E-state index contributed by atoms with van der Waals surface area (Å²) in [6.07, 6.45) is 2.61. The van der Waals surface area contributed by atoms with Crippen molar-refractivity contribution < 1.29 is 29.0 Å². The molecule has 0 saturated carbocycles. The summed E-state index contributed by atoms with van der Waals surface area (Å²) in [5, 5.41) is 11.9. The lowest BCUT2D eigenvalue weighted by Crippen LogP contribution is -2.38. The number of phenols is 1. The number of phenolic OH excluding ortho intramolecular Hbond substituents is 1. The molecule has 0 saturated heterocycles. The highest BCUT2D eigenvalue weighted by molar-refractivity contribution is 5.90. The van der Waals surface area contributed by atoms with Crippen molar-refractivity contribution in [3.63, 3.8) is 0 Å². The van der Waals surface area contributed by atoms with Gasteiger partial charge in [-0.3, -0.25) is 9.59 Å². The number of rotatable bonds is 7. The van der Waals surface area contributed by atoms with Crippen molar-refractivity contribution in [2.24, 2.45) is 0 Å². The number of nitrogens with zero attached hydrogens (tertiary/aromatic N) is 1. The first kappa shape index (κ1) is 19.0. The molecule has 0 aliphatic carbocycles. The molecule has 2 amide bonds. The molecule has 0 aliphatic rings. The lowest BCUT2D eigenvalue weighted by atomic mass is 10.2. The van der Waals surface area contributed by atoms with Crippen LogP contribution >= 0.6 is 0 Å². The van der Waals surface area contributed by atoms with Crippen LogP contribution in [0, 0.1) is 0 Å². The first-order valence-corrected chi connectivity index (χ1v) is 7.03. The van der Waals surface area contributed by atoms with E-state index in [1.807, 2.05) is 0 Å². The van der Waals surface area contributed by atoms with Crippen LogP contribution in [0.25, 0.3) is 6.08 Å². The Hall–Kier alpha value is -3.03. The lowest BCUT2D eigenvalue weighted by molar-refractivity contribution is -0.148. The van der Waals surface area contributed by atoms with E-state index in [9.17, 15) is 19.5 Å². The molecule has 24 heavy (non-hydrogen) atoms. The molecule has 8 nitrogen and oxygen atoms in total. The van der Waals surface area contributed by atoms with Gasteiger partial charge in [-0.05, 0) is 23.8 Å². The zero-order chi connectivity index (χ0) is 18.1. The summed E-state index contributed by atoms with van der Waals surface area (Å²) in [5.41, 5.74) is 0.615. The highest BCUT2D eigenvalue weighted by Gasteiger charge is 2.13. The van der Waals surface area contributed by atoms with E-state index in [4.69, 9.17) is 9.47 Å². The maximum atomic E-state index is 11.7. The van der Waals surface area contributed by atoms with Crippen molar-refractivity contribution in [1.29, 1.82) is 0 Å². The van der Waals surface area contributed by atoms with Gasteiger partial charge in [0.1, 0.15) is 0 Å². The monoisotopic (exact) mass is 336 g/mol. The number of hydrogen-bond acceptors (Lipinski definition) is 6. The average Bonchev–Trinajstić information content (AvgIpc) is 2.58. The Morgan fingerprint density at radius 2 is 2.04 bits per heavy atom. The van der Waals surface area contributed by atoms with Gasteiger partial charge in [0, 0.05) is 20.2 Å². The summed E-state index contributed by atoms with van der Waals surface area (Å²) in [5.74, 6) is -1.26. The van der Waals surface area contributed by atoms with Gasteiger partial charge in [-0.1, -0.05) is 6.07 Å². The number of carbonyl (C=O) groups is 3. The third-order valence-electron chi connectivity index (χ3n) is 3.04. The van der Waals surface area contributed by atoms with Crippen LogP contribution in [0.5, 0.6) is 11.5 Å². The van der Waals surface area contributed by atoms with Crippen molar-refractivity contribution in [2.45, 2.75) is 0 Å². The summed E-state index contributed by atoms with van der Waals surface area (Å²) >= 11 is 0. The average molecular weight is 336 g/mol. The molecule has 0 unspecified atom stereocenters. The zero-order valence-electron chi connectivity index (χ0n) is 13.7. The summed E-state index contributed by atoms with van der Waals surface area (Å²) in [6, 6.07) is 4.56. The molecule has 0 bridgehead atoms. The standard InChI is InChI=1S/C16H20N2O6/c1-17-14(20)9-18(2)15(21)10-24-16(22)7-5-11-4-6-12(19)13(8-11)23-3/h4-8,19H,9-10H2,1-3H3,(H,17,20)/b7-5+. The normalized spacial score (nSPS) is 10.3. The van der Waals surface area contributed by atoms with E-state index in [2.05, 4.69) is 5.32 Å². The van der Waals surface area contributed by atoms with Crippen LogP contribution in [-0.4, -0.2) is 62.1 Å². The molecule has 1 aromatic rings. The number of amides is 2. The van der Waals surface area contributed by atoms with Crippen LogP contribution in [0.2, 0.25) is 0 Å². The minimum Gasteiger partial charge on any atom is -0.504 e. The number of hydrogen-bond donors (Lipinski definition) is 2. The molecule has 0 radical (unpaired) electrons. The van der Waals surface area contributed by atoms with E-state index in [0.29, 0.717) is 5.56 Å². The maximum Gasteiger partial charge on any atom is 0.331 e. The van der Waals surface area contributed by atoms with Crippen LogP contribution in [-0.2, 0) is 19.1 Å². The molecule has 130 valence electrons. The molecule has 2 N–H and O–H groups in total. The van der Waals surface area contributed by atoms with Crippen molar-refractivity contribution in [1.82, 2.24) is 10.2 Å². The van der Waals surface area contributed by atoms with Gasteiger partial charge in [-0.2, -0.15) is 0 Å². The van der Waals surface area contributed by atoms with Crippen LogP contribution in [0.1, 0.15) is 5.56 Å². The Kier molecular flexibility index (Phi) is 7.28. The zero-order valence-corrected chi connectivity index (χ0v) is 13.7. The number of likely N-dealkylation sites (N-methyl/N-ethyl adjacent to an activating group) is 2. The van der Waals surface area contributed by atoms with Crippen LogP contribution < -0.4 is 10.1 Å². The molecular formula is C16H20N2O6. The number of ether oxygens (including phenoxy) is 2. The molecule has 0 fully saturated rings. The quantitative estimate of drug-likeness (QED) is 0.543. The van der Waals surface area contributed by atoms with Gasteiger partial charge in [0.2, 0.25) is 5.91 Å². The van der Waals surface area contributed by atoms with Crippen molar-refractivity contribution in [2.75, 3.05) is 34.4 Å². The van der Waals surface area contributed by atoms with Crippen LogP contribution in [0.4, 0.5) is 0 Å². The van der Waals surface area contributed by atoms with Gasteiger partial charge >= 0.3 is 5.97 Å². The summed E-state index contributed by atoms with van der Waals surface area (Å²) in [7, 11) is 4.31. The Bertz CT molecular complexity index is 641. The molecule has 1 rings (SSSR count). The van der Waals surface area contributed by atoms with E-state index in [1.54, 1.807) is 12.1 Å². The molecule has 0 aliphatic heterocycles. The third-order valence-corrected chi connectivity index (χ3v) is 3.04. The lowest BCUT2D eigenvalue weighted by Gasteiger charge is -2.15. The Morgan fingerprint density at radius 1 is 1.33 bits per heavy atom. The van der Waals surface area contributed by atoms with Gasteiger partial charge in [-0.15, -0.1) is 0 Å². The fourth-order valence-corrected chi connectivity index (χ4v) is 1.64. The third kappa shape index (κ3) is 5.99. The fourth-order valence-electron chi connectivity index (χ4n) is 1.64. The first-order chi connectivity index (χ1) is 11.4. The van der Waals surface area contributed by atoms with Gasteiger partial charge in [0.15, 0.2) is 18.1 Å². The van der Waals surface area contributed by atoms with Gasteiger partial charge in [-0.25, -0.2) is 4.79 Å². The van der Waals surface area contributed by atoms with E-state index >= 15 is 0 Å². The van der Waals surface area contributed by atoms with E-state index in [-0.39, 0.29) is 24.0 Å². The highest BCUT2D eigenvalue weighted by atomic mass is 16.5. The predicted molar refractivity (Wildman–Crippen MR) is 86.4 cm³/mol. The van der Waals surface area contributed by atoms with Crippen molar-refractivity contribution in [3.05, 3.63) is 29.8 Å². The van der Waals surface area contributed by atoms with Gasteiger partial charge < -0.3 is 24.8 Å². The molecule has 8 heteroatoms. The number of carbonyl (C=O) groups excluding carboxylic acids is 3. The molecule has 0 heterocycles. The second-order valence-electron chi connectivity index (χ2n) is 4.80. The Morgan fingerprint density at radius 3 is 2.67 bits per heavy atom. The number of benzene rings is 1. The fraction of sp³-hybridized carbons (Fsp3) is 0.312. The largest absolute Gasteiger partial charge is 0.504 e. The SMILES string of the molecule is CNC(=O)CN(C)C(=O)COC(=O)/C=C/c1ccc(O)c(OC)c1. The number of nitrogens with one attached hydrogen (secondary N) is 1. The summed E-state index contributed by atoms with van der Waals surface area (Å²) in [6.45, 7) is -0.578. The minimum absolute atomic E-state index is 0.0121. The van der Waals surface area contributed by atoms with Crippen LogP contribution in [0.15, 0.2) is 24.3 Å². The molecule has 0 atom stereocenters. The smallest absolute Gasteiger partial charge is 0.331 e. The molecular weight excluding hydrogens is 316 g/mol. The van der Waals surface area contributed by atoms with Gasteiger partial charge in [0.25, 0.3) is 5.91 Å². The highest BCUT2D eigenvalue weighted by Crippen LogP contribution is 2.26. The van der Waals surface area contributed by atoms with Crippen molar-refractivity contribution in [3.8, 4) is 11.5 Å². The number of esters is 1. The second-order valence-corrected chi connectivity index (χ2v) is 4.80. The van der Waals surface area contributed by atoms with E-state index < -0.39 is 18.5 Å². The van der Waals surface area contributed by atoms with Crippen molar-refractivity contribution >= 4 is 23.9 Å². The Labute approximate surface area is 139 Å². The maximum absolute atomic E-state index is 11.7. The molecule has 0 aromatic heterocycles. The summed E-state index contributed by atoms with van der Waals surface area (Å²) < 4.78 is 9.77. The van der Waals surface area contributed by atoms with Crippen LogP contribution in [0.3, 0.4) is 0 Å². The molecule has 1 aromatic carbocycles. The number of methoxy groups -OCH3 is 1. The van der Waals surface area contributed by atoms with E-state index in [0.717, 1.165) is 11.0 Å². The van der Waals surface area contributed by atoms with E-state index in [1.165, 1.54) is 33.3 Å². The number of aromatic hydroxyl groups is 1. The topological polar surface area (TPSA) is 105 Å². The van der Waals surface area contributed by atoms with Gasteiger partial charge in [0.05, 0.1) is 13.7 Å². The Balaban J connectivity index is 2.51. The molecule has 0 spiro atoms. The summed E-state index contributed by atoms with van der Waals surface area (Å²) in [4.78, 5) is 35.6. The second kappa shape index (κ2) is 9.19. The first-order valence-electron chi connectivity index (χ1n) is 7.03. The predicted octanol–water partition coefficient (Wildman–Crippen LogP) is 0.162. The minimum atomic E-state index is -0.705.